The van der Waals surface area contributed by atoms with Gasteiger partial charge in [-0.25, -0.2) is 4.98 Å². The van der Waals surface area contributed by atoms with Crippen LogP contribution < -0.4 is 10.0 Å². The number of pyridine rings is 1. The summed E-state index contributed by atoms with van der Waals surface area (Å²) in [4.78, 5) is 4.02. The molecular weight excluding hydrogens is 354 g/mol. The van der Waals surface area contributed by atoms with E-state index in [1.165, 1.54) is 6.07 Å². The summed E-state index contributed by atoms with van der Waals surface area (Å²) in [6.07, 6.45) is 1.55. The van der Waals surface area contributed by atoms with E-state index in [9.17, 15) is 8.42 Å². The van der Waals surface area contributed by atoms with Gasteiger partial charge < -0.3 is 5.32 Å². The summed E-state index contributed by atoms with van der Waals surface area (Å²) in [5.74, 6) is 0. The van der Waals surface area contributed by atoms with Crippen molar-refractivity contribution in [2.24, 2.45) is 0 Å². The zero-order valence-electron chi connectivity index (χ0n) is 11.7. The molecule has 0 aliphatic rings. The largest absolute Gasteiger partial charge is 0.316 e. The van der Waals surface area contributed by atoms with Crippen LogP contribution in [0, 0.1) is 6.92 Å². The Balaban J connectivity index is 2.27. The Morgan fingerprint density at radius 1 is 1.24 bits per heavy atom. The van der Waals surface area contributed by atoms with Crippen LogP contribution in [-0.4, -0.2) is 20.4 Å². The topological polar surface area (TPSA) is 71.1 Å². The van der Waals surface area contributed by atoms with Crippen molar-refractivity contribution in [2.75, 3.05) is 11.8 Å². The molecule has 112 valence electrons. The molecule has 0 aliphatic heterocycles. The number of aromatic nitrogens is 1. The van der Waals surface area contributed by atoms with Gasteiger partial charge in [-0.1, -0.05) is 28.1 Å². The highest BCUT2D eigenvalue weighted by Crippen LogP contribution is 2.25. The van der Waals surface area contributed by atoms with Gasteiger partial charge in [-0.3, -0.25) is 4.72 Å². The first kappa shape index (κ1) is 15.9. The lowest BCUT2D eigenvalue weighted by Crippen LogP contribution is -2.15. The van der Waals surface area contributed by atoms with Crippen LogP contribution in [0.25, 0.3) is 0 Å². The lowest BCUT2D eigenvalue weighted by atomic mass is 10.2. The van der Waals surface area contributed by atoms with E-state index in [0.29, 0.717) is 12.2 Å². The summed E-state index contributed by atoms with van der Waals surface area (Å²) >= 11 is 3.38. The van der Waals surface area contributed by atoms with E-state index in [1.54, 1.807) is 24.4 Å². The molecule has 0 saturated carbocycles. The summed E-state index contributed by atoms with van der Waals surface area (Å²) in [6.45, 7) is 2.48. The molecule has 1 heterocycles. The third-order valence-corrected chi connectivity index (χ3v) is 5.11. The van der Waals surface area contributed by atoms with Gasteiger partial charge in [0, 0.05) is 17.2 Å². The van der Waals surface area contributed by atoms with E-state index in [2.05, 4.69) is 31.0 Å². The number of nitrogens with zero attached hydrogens (tertiary/aromatic N) is 1. The highest BCUT2D eigenvalue weighted by atomic mass is 79.9. The zero-order valence-corrected chi connectivity index (χ0v) is 14.1. The summed E-state index contributed by atoms with van der Waals surface area (Å²) in [5.41, 5.74) is 2.29. The van der Waals surface area contributed by atoms with Crippen molar-refractivity contribution in [2.45, 2.75) is 18.5 Å². The van der Waals surface area contributed by atoms with Crippen LogP contribution in [0.2, 0.25) is 0 Å². The van der Waals surface area contributed by atoms with Crippen LogP contribution >= 0.6 is 15.9 Å². The second-order valence-electron chi connectivity index (χ2n) is 4.55. The molecule has 7 heteroatoms. The lowest BCUT2D eigenvalue weighted by molar-refractivity contribution is 0.597. The maximum atomic E-state index is 12.3. The molecule has 0 bridgehead atoms. The number of rotatable bonds is 5. The molecule has 0 aliphatic carbocycles. The Kier molecular flexibility index (Phi) is 4.97. The van der Waals surface area contributed by atoms with E-state index in [-0.39, 0.29) is 5.03 Å². The fourth-order valence-corrected chi connectivity index (χ4v) is 3.21. The minimum absolute atomic E-state index is 0.00160. The van der Waals surface area contributed by atoms with E-state index in [1.807, 2.05) is 20.0 Å². The summed E-state index contributed by atoms with van der Waals surface area (Å²) in [7, 11) is -1.86. The second-order valence-corrected chi connectivity index (χ2v) is 7.04. The average Bonchev–Trinajstić information content (AvgIpc) is 2.45. The molecule has 1 aromatic heterocycles. The molecule has 2 aromatic rings. The van der Waals surface area contributed by atoms with Gasteiger partial charge in [0.15, 0.2) is 5.03 Å². The average molecular weight is 370 g/mol. The molecule has 0 unspecified atom stereocenters. The highest BCUT2D eigenvalue weighted by Gasteiger charge is 2.17. The number of hydrogen-bond donors (Lipinski definition) is 2. The Labute approximate surface area is 133 Å². The minimum Gasteiger partial charge on any atom is -0.316 e. The van der Waals surface area contributed by atoms with E-state index in [4.69, 9.17) is 0 Å². The molecule has 2 rings (SSSR count). The van der Waals surface area contributed by atoms with Crippen LogP contribution in [0.4, 0.5) is 5.69 Å². The van der Waals surface area contributed by atoms with Gasteiger partial charge in [-0.05, 0) is 43.3 Å². The minimum atomic E-state index is -3.69. The maximum absolute atomic E-state index is 12.3. The fraction of sp³-hybridized carbons (Fsp3) is 0.214. The van der Waals surface area contributed by atoms with Crippen LogP contribution in [-0.2, 0) is 16.6 Å². The van der Waals surface area contributed by atoms with Crippen LogP contribution in [0.15, 0.2) is 46.0 Å². The first-order valence-electron chi connectivity index (χ1n) is 6.31. The standard InChI is InChI=1S/C14H16BrN3O2S/c1-10-12(15)4-3-5-13(10)18-21(19,20)14-7-6-11(8-16-2)9-17-14/h3-7,9,16,18H,8H2,1-2H3. The molecule has 0 fully saturated rings. The summed E-state index contributed by atoms with van der Waals surface area (Å²) in [5, 5.41) is 2.99. The molecule has 0 radical (unpaired) electrons. The molecule has 0 atom stereocenters. The van der Waals surface area contributed by atoms with Crippen LogP contribution in [0.1, 0.15) is 11.1 Å². The van der Waals surface area contributed by atoms with Crippen molar-refractivity contribution in [1.29, 1.82) is 0 Å². The smallest absolute Gasteiger partial charge is 0.279 e. The van der Waals surface area contributed by atoms with E-state index < -0.39 is 10.0 Å². The number of benzene rings is 1. The molecule has 21 heavy (non-hydrogen) atoms. The van der Waals surface area contributed by atoms with Gasteiger partial charge >= 0.3 is 0 Å². The summed E-state index contributed by atoms with van der Waals surface area (Å²) < 4.78 is 28.1. The highest BCUT2D eigenvalue weighted by molar-refractivity contribution is 9.10. The van der Waals surface area contributed by atoms with Crippen molar-refractivity contribution in [3.05, 3.63) is 52.1 Å². The fourth-order valence-electron chi connectivity index (χ4n) is 1.79. The first-order chi connectivity index (χ1) is 9.94. The van der Waals surface area contributed by atoms with Crippen molar-refractivity contribution >= 4 is 31.6 Å². The SMILES string of the molecule is CNCc1ccc(S(=O)(=O)Nc2cccc(Br)c2C)nc1. The molecule has 0 saturated heterocycles. The molecule has 2 N–H and O–H groups in total. The van der Waals surface area contributed by atoms with Gasteiger partial charge in [-0.15, -0.1) is 0 Å². The summed E-state index contributed by atoms with van der Waals surface area (Å²) in [6, 6.07) is 8.59. The molecular formula is C14H16BrN3O2S. The number of sulfonamides is 1. The van der Waals surface area contributed by atoms with Crippen LogP contribution in [0.3, 0.4) is 0 Å². The molecule has 5 nitrogen and oxygen atoms in total. The van der Waals surface area contributed by atoms with Crippen molar-refractivity contribution in [3.8, 4) is 0 Å². The predicted molar refractivity (Wildman–Crippen MR) is 86.7 cm³/mol. The van der Waals surface area contributed by atoms with Gasteiger partial charge in [0.25, 0.3) is 10.0 Å². The number of halogens is 1. The maximum Gasteiger partial charge on any atom is 0.279 e. The van der Waals surface area contributed by atoms with Crippen molar-refractivity contribution in [1.82, 2.24) is 10.3 Å². The Morgan fingerprint density at radius 2 is 2.00 bits per heavy atom. The third kappa shape index (κ3) is 3.81. The van der Waals surface area contributed by atoms with Gasteiger partial charge in [0.05, 0.1) is 5.69 Å². The quantitative estimate of drug-likeness (QED) is 0.849. The second kappa shape index (κ2) is 6.55. The number of anilines is 1. The molecule has 0 spiro atoms. The molecule has 1 aromatic carbocycles. The van der Waals surface area contributed by atoms with E-state index in [0.717, 1.165) is 15.6 Å². The number of nitrogens with one attached hydrogen (secondary N) is 2. The van der Waals surface area contributed by atoms with Gasteiger partial charge in [0.1, 0.15) is 0 Å². The first-order valence-corrected chi connectivity index (χ1v) is 8.59. The van der Waals surface area contributed by atoms with Crippen molar-refractivity contribution < 1.29 is 8.42 Å². The van der Waals surface area contributed by atoms with E-state index >= 15 is 0 Å². The monoisotopic (exact) mass is 369 g/mol. The van der Waals surface area contributed by atoms with Crippen molar-refractivity contribution in [3.63, 3.8) is 0 Å². The normalized spacial score (nSPS) is 11.4. The Morgan fingerprint density at radius 3 is 2.62 bits per heavy atom. The molecule has 0 amide bonds. The van der Waals surface area contributed by atoms with Gasteiger partial charge in [-0.2, -0.15) is 8.42 Å². The Hall–Kier alpha value is -1.44. The van der Waals surface area contributed by atoms with Gasteiger partial charge in [0.2, 0.25) is 0 Å². The predicted octanol–water partition coefficient (Wildman–Crippen LogP) is 2.67. The Bertz CT molecular complexity index is 730. The lowest BCUT2D eigenvalue weighted by Gasteiger charge is -2.11. The third-order valence-electron chi connectivity index (χ3n) is 2.97. The number of hydrogen-bond acceptors (Lipinski definition) is 4. The zero-order chi connectivity index (χ0) is 15.5. The van der Waals surface area contributed by atoms with Crippen LogP contribution in [0.5, 0.6) is 0 Å².